The summed E-state index contributed by atoms with van der Waals surface area (Å²) >= 11 is 0. The summed E-state index contributed by atoms with van der Waals surface area (Å²) in [6, 6.07) is 6.28. The molecular weight excluding hydrogens is 310 g/mol. The van der Waals surface area contributed by atoms with Crippen LogP contribution in [-0.4, -0.2) is 26.0 Å². The molecule has 0 saturated carbocycles. The lowest BCUT2D eigenvalue weighted by Gasteiger charge is -2.11. The van der Waals surface area contributed by atoms with E-state index in [1.54, 1.807) is 23.9 Å². The van der Waals surface area contributed by atoms with E-state index in [2.05, 4.69) is 6.92 Å². The zero-order valence-electron chi connectivity index (χ0n) is 14.1. The standard InChI is InChI=1S/C17H23N3O4/c1-3-4-5-16-15(17(22)18(2)19(16)10-11-21)12-13-6-8-14(9-7-13)20(23)24/h6-9,21H,3-5,10-12H2,1-2H3. The fourth-order valence-electron chi connectivity index (χ4n) is 2.89. The molecule has 0 bridgehead atoms. The van der Waals surface area contributed by atoms with Gasteiger partial charge in [-0.15, -0.1) is 0 Å². The smallest absolute Gasteiger partial charge is 0.270 e. The highest BCUT2D eigenvalue weighted by Crippen LogP contribution is 2.17. The highest BCUT2D eigenvalue weighted by Gasteiger charge is 2.18. The van der Waals surface area contributed by atoms with Gasteiger partial charge in [0.25, 0.3) is 11.2 Å². The van der Waals surface area contributed by atoms with Crippen LogP contribution in [0.4, 0.5) is 5.69 Å². The fourth-order valence-corrected chi connectivity index (χ4v) is 2.89. The second-order valence-corrected chi connectivity index (χ2v) is 5.80. The first-order chi connectivity index (χ1) is 11.5. The number of benzene rings is 1. The molecule has 7 heteroatoms. The fraction of sp³-hybridized carbons (Fsp3) is 0.471. The van der Waals surface area contributed by atoms with Crippen molar-refractivity contribution in [2.24, 2.45) is 7.05 Å². The predicted octanol–water partition coefficient (Wildman–Crippen LogP) is 2.02. The summed E-state index contributed by atoms with van der Waals surface area (Å²) in [6.45, 7) is 2.44. The number of rotatable bonds is 8. The van der Waals surface area contributed by atoms with Crippen molar-refractivity contribution >= 4 is 5.69 Å². The molecule has 0 amide bonds. The molecule has 1 N–H and O–H groups in total. The quantitative estimate of drug-likeness (QED) is 0.591. The van der Waals surface area contributed by atoms with Crippen LogP contribution >= 0.6 is 0 Å². The van der Waals surface area contributed by atoms with Crippen molar-refractivity contribution in [2.75, 3.05) is 6.61 Å². The number of nitro groups is 1. The highest BCUT2D eigenvalue weighted by molar-refractivity contribution is 5.36. The van der Waals surface area contributed by atoms with Crippen LogP contribution in [0.1, 0.15) is 36.6 Å². The van der Waals surface area contributed by atoms with E-state index < -0.39 is 4.92 Å². The molecule has 2 rings (SSSR count). The molecule has 1 heterocycles. The summed E-state index contributed by atoms with van der Waals surface area (Å²) in [5.41, 5.74) is 2.46. The molecule has 7 nitrogen and oxygen atoms in total. The number of aromatic nitrogens is 2. The average Bonchev–Trinajstić information content (AvgIpc) is 2.79. The van der Waals surface area contributed by atoms with Gasteiger partial charge in [-0.05, 0) is 18.4 Å². The largest absolute Gasteiger partial charge is 0.394 e. The summed E-state index contributed by atoms with van der Waals surface area (Å²) in [4.78, 5) is 22.9. The van der Waals surface area contributed by atoms with E-state index in [4.69, 9.17) is 0 Å². The summed E-state index contributed by atoms with van der Waals surface area (Å²) in [5, 5.41) is 20.0. The Morgan fingerprint density at radius 1 is 1.25 bits per heavy atom. The van der Waals surface area contributed by atoms with E-state index in [1.165, 1.54) is 12.1 Å². The third-order valence-electron chi connectivity index (χ3n) is 4.18. The third kappa shape index (κ3) is 3.73. The van der Waals surface area contributed by atoms with Gasteiger partial charge >= 0.3 is 0 Å². The second-order valence-electron chi connectivity index (χ2n) is 5.80. The van der Waals surface area contributed by atoms with Crippen LogP contribution in [0, 0.1) is 10.1 Å². The molecule has 0 aliphatic heterocycles. The number of aliphatic hydroxyl groups excluding tert-OH is 1. The van der Waals surface area contributed by atoms with E-state index in [0.29, 0.717) is 18.5 Å². The van der Waals surface area contributed by atoms with E-state index >= 15 is 0 Å². The minimum absolute atomic E-state index is 0.0297. The first-order valence-electron chi connectivity index (χ1n) is 8.11. The van der Waals surface area contributed by atoms with Gasteiger partial charge in [0.05, 0.1) is 18.1 Å². The van der Waals surface area contributed by atoms with Crippen molar-refractivity contribution in [2.45, 2.75) is 39.2 Å². The van der Waals surface area contributed by atoms with Crippen LogP contribution in [0.2, 0.25) is 0 Å². The Morgan fingerprint density at radius 2 is 1.92 bits per heavy atom. The van der Waals surface area contributed by atoms with Crippen LogP contribution in [0.25, 0.3) is 0 Å². The number of aliphatic hydroxyl groups is 1. The van der Waals surface area contributed by atoms with Crippen molar-refractivity contribution in [1.29, 1.82) is 0 Å². The Labute approximate surface area is 140 Å². The molecule has 0 aliphatic rings. The van der Waals surface area contributed by atoms with Crippen LogP contribution < -0.4 is 5.56 Å². The van der Waals surface area contributed by atoms with Crippen LogP contribution in [0.15, 0.2) is 29.1 Å². The number of unbranched alkanes of at least 4 members (excludes halogenated alkanes) is 1. The molecule has 0 aliphatic carbocycles. The molecule has 0 radical (unpaired) electrons. The van der Waals surface area contributed by atoms with Gasteiger partial charge in [0.2, 0.25) is 0 Å². The van der Waals surface area contributed by atoms with Gasteiger partial charge < -0.3 is 5.11 Å². The lowest BCUT2D eigenvalue weighted by atomic mass is 10.0. The maximum Gasteiger partial charge on any atom is 0.270 e. The van der Waals surface area contributed by atoms with Crippen molar-refractivity contribution < 1.29 is 10.0 Å². The first-order valence-corrected chi connectivity index (χ1v) is 8.11. The maximum atomic E-state index is 12.6. The molecule has 2 aromatic rings. The molecule has 0 atom stereocenters. The molecular formula is C17H23N3O4. The summed E-state index contributed by atoms with van der Waals surface area (Å²) in [7, 11) is 1.70. The monoisotopic (exact) mass is 333 g/mol. The molecule has 1 aromatic carbocycles. The van der Waals surface area contributed by atoms with Crippen molar-refractivity contribution in [1.82, 2.24) is 9.36 Å². The second kappa shape index (κ2) is 7.92. The maximum absolute atomic E-state index is 12.6. The Kier molecular flexibility index (Phi) is 5.92. The molecule has 1 aromatic heterocycles. The van der Waals surface area contributed by atoms with E-state index in [1.807, 2.05) is 4.68 Å². The predicted molar refractivity (Wildman–Crippen MR) is 91.3 cm³/mol. The van der Waals surface area contributed by atoms with E-state index in [9.17, 15) is 20.0 Å². The summed E-state index contributed by atoms with van der Waals surface area (Å²) in [5.74, 6) is 0. The number of nitrogens with zero attached hydrogens (tertiary/aromatic N) is 3. The minimum Gasteiger partial charge on any atom is -0.394 e. The van der Waals surface area contributed by atoms with E-state index in [-0.39, 0.29) is 17.9 Å². The van der Waals surface area contributed by atoms with Gasteiger partial charge in [-0.1, -0.05) is 25.5 Å². The van der Waals surface area contributed by atoms with Crippen LogP contribution in [0.3, 0.4) is 0 Å². The number of non-ortho nitro benzene ring substituents is 1. The Bertz CT molecular complexity index is 759. The zero-order chi connectivity index (χ0) is 17.7. The Balaban J connectivity index is 2.39. The molecule has 130 valence electrons. The molecule has 0 saturated heterocycles. The van der Waals surface area contributed by atoms with Gasteiger partial charge in [-0.3, -0.25) is 24.3 Å². The molecule has 0 unspecified atom stereocenters. The van der Waals surface area contributed by atoms with Gasteiger partial charge in [0.1, 0.15) is 0 Å². The SMILES string of the molecule is CCCCc1c(Cc2ccc([N+](=O)[O-])cc2)c(=O)n(C)n1CCO. The number of hydrogen-bond donors (Lipinski definition) is 1. The number of nitro benzene ring substituents is 1. The van der Waals surface area contributed by atoms with Gasteiger partial charge in [-0.2, -0.15) is 0 Å². The van der Waals surface area contributed by atoms with Gasteiger partial charge in [0, 0.05) is 36.9 Å². The highest BCUT2D eigenvalue weighted by atomic mass is 16.6. The first kappa shape index (κ1) is 17.9. The summed E-state index contributed by atoms with van der Waals surface area (Å²) < 4.78 is 3.38. The van der Waals surface area contributed by atoms with Gasteiger partial charge in [-0.25, -0.2) is 0 Å². The summed E-state index contributed by atoms with van der Waals surface area (Å²) in [6.07, 6.45) is 3.18. The van der Waals surface area contributed by atoms with E-state index in [0.717, 1.165) is 30.5 Å². The zero-order valence-corrected chi connectivity index (χ0v) is 14.1. The lowest BCUT2D eigenvalue weighted by Crippen LogP contribution is -2.22. The van der Waals surface area contributed by atoms with Crippen molar-refractivity contribution in [3.8, 4) is 0 Å². The topological polar surface area (TPSA) is 90.3 Å². The molecule has 24 heavy (non-hydrogen) atoms. The lowest BCUT2D eigenvalue weighted by molar-refractivity contribution is -0.384. The van der Waals surface area contributed by atoms with Crippen LogP contribution in [-0.2, 0) is 26.4 Å². The van der Waals surface area contributed by atoms with Gasteiger partial charge in [0.15, 0.2) is 0 Å². The normalized spacial score (nSPS) is 11.0. The molecule has 0 spiro atoms. The molecule has 0 fully saturated rings. The average molecular weight is 333 g/mol. The number of hydrogen-bond acceptors (Lipinski definition) is 4. The van der Waals surface area contributed by atoms with Crippen molar-refractivity contribution in [3.05, 3.63) is 61.6 Å². The van der Waals surface area contributed by atoms with Crippen LogP contribution in [0.5, 0.6) is 0 Å². The third-order valence-corrected chi connectivity index (χ3v) is 4.18. The Morgan fingerprint density at radius 3 is 2.46 bits per heavy atom. The van der Waals surface area contributed by atoms with Crippen molar-refractivity contribution in [3.63, 3.8) is 0 Å². The minimum atomic E-state index is -0.437. The Hall–Kier alpha value is -2.41.